The Kier molecular flexibility index (Phi) is 2.33. The van der Waals surface area contributed by atoms with E-state index in [0.717, 1.165) is 0 Å². The summed E-state index contributed by atoms with van der Waals surface area (Å²) < 4.78 is 0.256. The molecule has 0 aromatic carbocycles. The smallest absolute Gasteiger partial charge is 0.205 e. The van der Waals surface area contributed by atoms with Gasteiger partial charge in [-0.15, -0.1) is 0 Å². The topological polar surface area (TPSA) is 77.8 Å². The van der Waals surface area contributed by atoms with E-state index in [1.54, 1.807) is 22.6 Å². The molecule has 1 aliphatic rings. The van der Waals surface area contributed by atoms with Crippen molar-refractivity contribution in [2.24, 2.45) is 0 Å². The summed E-state index contributed by atoms with van der Waals surface area (Å²) in [4.78, 5) is 11.0. The van der Waals surface area contributed by atoms with Crippen LogP contribution in [0, 0.1) is 0 Å². The first-order valence-corrected chi connectivity index (χ1v) is 4.03. The number of aliphatic hydroxyl groups excluding tert-OH is 2. The van der Waals surface area contributed by atoms with Crippen LogP contribution in [0.2, 0.25) is 0 Å². The summed E-state index contributed by atoms with van der Waals surface area (Å²) >= 11 is 1.70. The molecule has 0 saturated heterocycles. The largest absolute Gasteiger partial charge is 0.393 e. The van der Waals surface area contributed by atoms with Crippen molar-refractivity contribution in [3.63, 3.8) is 0 Å². The molecule has 4 nitrogen and oxygen atoms in total. The molecule has 0 spiro atoms. The summed E-state index contributed by atoms with van der Waals surface area (Å²) in [6.45, 7) is -0.754. The first kappa shape index (κ1) is 9.11. The number of halogens is 1. The zero-order chi connectivity index (χ0) is 8.65. The maximum absolute atomic E-state index is 11.0. The Labute approximate surface area is 76.7 Å². The van der Waals surface area contributed by atoms with Crippen LogP contribution in [0.25, 0.3) is 0 Å². The fourth-order valence-electron chi connectivity index (χ4n) is 0.859. The fourth-order valence-corrected chi connectivity index (χ4v) is 1.67. The number of ketones is 1. The van der Waals surface area contributed by atoms with Gasteiger partial charge in [0.05, 0.1) is 10.2 Å². The average molecular weight is 270 g/mol. The van der Waals surface area contributed by atoms with E-state index in [-0.39, 0.29) is 3.58 Å². The van der Waals surface area contributed by atoms with Crippen molar-refractivity contribution in [3.05, 3.63) is 9.66 Å². The van der Waals surface area contributed by atoms with Gasteiger partial charge in [-0.25, -0.2) is 0 Å². The predicted octanol–water partition coefficient (Wildman–Crippen LogP) is -1.03. The quantitative estimate of drug-likeness (QED) is 0.532. The molecule has 0 radical (unpaired) electrons. The molecule has 0 fully saturated rings. The second-order valence-corrected chi connectivity index (χ2v) is 3.53. The van der Waals surface area contributed by atoms with Crippen LogP contribution in [-0.4, -0.2) is 39.4 Å². The molecule has 2 atom stereocenters. The minimum atomic E-state index is -2.00. The molecule has 0 unspecified atom stereocenters. The molecule has 62 valence electrons. The molecular formula is C6H7IO4. The van der Waals surface area contributed by atoms with E-state index in [4.69, 9.17) is 10.2 Å². The minimum absolute atomic E-state index is 0.256. The number of hydrogen-bond acceptors (Lipinski definition) is 4. The Morgan fingerprint density at radius 2 is 2.27 bits per heavy atom. The maximum Gasteiger partial charge on any atom is 0.205 e. The molecule has 0 bridgehead atoms. The van der Waals surface area contributed by atoms with Crippen LogP contribution >= 0.6 is 22.6 Å². The second kappa shape index (κ2) is 2.81. The van der Waals surface area contributed by atoms with Crippen molar-refractivity contribution in [3.8, 4) is 0 Å². The van der Waals surface area contributed by atoms with E-state index < -0.39 is 24.1 Å². The fraction of sp³-hybridized carbons (Fsp3) is 0.500. The SMILES string of the molecule is O=C1C(I)=C[C@@H](O)[C@]1(O)CO. The lowest BCUT2D eigenvalue weighted by molar-refractivity contribution is -0.144. The number of carbonyl (C=O) groups excluding carboxylic acids is 1. The van der Waals surface area contributed by atoms with E-state index in [1.165, 1.54) is 6.08 Å². The maximum atomic E-state index is 11.0. The average Bonchev–Trinajstić information content (AvgIpc) is 2.16. The van der Waals surface area contributed by atoms with Crippen molar-refractivity contribution in [1.29, 1.82) is 0 Å². The van der Waals surface area contributed by atoms with Crippen molar-refractivity contribution in [2.45, 2.75) is 11.7 Å². The summed E-state index contributed by atoms with van der Waals surface area (Å²) in [7, 11) is 0. The monoisotopic (exact) mass is 270 g/mol. The lowest BCUT2D eigenvalue weighted by Crippen LogP contribution is -2.48. The van der Waals surface area contributed by atoms with Crippen LogP contribution in [0.4, 0.5) is 0 Å². The Morgan fingerprint density at radius 1 is 1.73 bits per heavy atom. The number of carbonyl (C=O) groups is 1. The molecule has 11 heavy (non-hydrogen) atoms. The van der Waals surface area contributed by atoms with Gasteiger partial charge in [0.1, 0.15) is 6.10 Å². The molecule has 0 aliphatic heterocycles. The Morgan fingerprint density at radius 3 is 2.45 bits per heavy atom. The molecular weight excluding hydrogens is 263 g/mol. The number of aliphatic hydroxyl groups is 3. The van der Waals surface area contributed by atoms with Gasteiger partial charge in [0, 0.05) is 0 Å². The summed E-state index contributed by atoms with van der Waals surface area (Å²) in [5.41, 5.74) is -2.00. The summed E-state index contributed by atoms with van der Waals surface area (Å²) in [6.07, 6.45) is -0.0639. The second-order valence-electron chi connectivity index (χ2n) is 2.37. The molecule has 5 heteroatoms. The third-order valence-corrected chi connectivity index (χ3v) is 2.49. The van der Waals surface area contributed by atoms with Crippen molar-refractivity contribution < 1.29 is 20.1 Å². The number of rotatable bonds is 1. The zero-order valence-corrected chi connectivity index (χ0v) is 7.65. The van der Waals surface area contributed by atoms with Gasteiger partial charge in [0.15, 0.2) is 5.60 Å². The van der Waals surface area contributed by atoms with Gasteiger partial charge in [-0.05, 0) is 28.7 Å². The third-order valence-electron chi connectivity index (χ3n) is 1.64. The van der Waals surface area contributed by atoms with Gasteiger partial charge in [-0.2, -0.15) is 0 Å². The Bertz CT molecular complexity index is 225. The lowest BCUT2D eigenvalue weighted by atomic mass is 9.99. The molecule has 0 amide bonds. The molecule has 0 saturated carbocycles. The van der Waals surface area contributed by atoms with E-state index in [0.29, 0.717) is 0 Å². The molecule has 1 aliphatic carbocycles. The van der Waals surface area contributed by atoms with Gasteiger partial charge in [-0.3, -0.25) is 4.79 Å². The summed E-state index contributed by atoms with van der Waals surface area (Å²) in [6, 6.07) is 0. The van der Waals surface area contributed by atoms with Gasteiger partial charge in [0.2, 0.25) is 5.78 Å². The van der Waals surface area contributed by atoms with Crippen LogP contribution in [0.1, 0.15) is 0 Å². The Hall–Kier alpha value is 0.0200. The highest BCUT2D eigenvalue weighted by atomic mass is 127. The molecule has 0 aromatic heterocycles. The summed E-state index contributed by atoms with van der Waals surface area (Å²) in [5.74, 6) is -0.617. The highest BCUT2D eigenvalue weighted by molar-refractivity contribution is 14.1. The first-order valence-electron chi connectivity index (χ1n) is 2.96. The van der Waals surface area contributed by atoms with Crippen molar-refractivity contribution in [2.75, 3.05) is 6.61 Å². The highest BCUT2D eigenvalue weighted by Gasteiger charge is 2.47. The van der Waals surface area contributed by atoms with Crippen molar-refractivity contribution >= 4 is 28.4 Å². The van der Waals surface area contributed by atoms with E-state index in [2.05, 4.69) is 0 Å². The minimum Gasteiger partial charge on any atom is -0.393 e. The number of Topliss-reactive ketones (excluding diaryl/α,β-unsaturated/α-hetero) is 1. The van der Waals surface area contributed by atoms with Crippen molar-refractivity contribution in [1.82, 2.24) is 0 Å². The standard InChI is InChI=1S/C6H7IO4/c7-3-1-4(9)6(11,2-8)5(3)10/h1,4,8-9,11H,2H2/t4-,6-/m1/s1. The van der Waals surface area contributed by atoms with Gasteiger partial charge < -0.3 is 15.3 Å². The third kappa shape index (κ3) is 1.22. The van der Waals surface area contributed by atoms with E-state index in [1.807, 2.05) is 0 Å². The lowest BCUT2D eigenvalue weighted by Gasteiger charge is -2.21. The van der Waals surface area contributed by atoms with Crippen LogP contribution in [0.5, 0.6) is 0 Å². The van der Waals surface area contributed by atoms with Gasteiger partial charge in [-0.1, -0.05) is 0 Å². The normalized spacial score (nSPS) is 37.6. The molecule has 0 heterocycles. The zero-order valence-electron chi connectivity index (χ0n) is 5.49. The van der Waals surface area contributed by atoms with E-state index >= 15 is 0 Å². The Balaban J connectivity index is 2.97. The van der Waals surface area contributed by atoms with Crippen LogP contribution in [0.3, 0.4) is 0 Å². The van der Waals surface area contributed by atoms with Crippen LogP contribution < -0.4 is 0 Å². The molecule has 3 N–H and O–H groups in total. The van der Waals surface area contributed by atoms with Crippen LogP contribution in [0.15, 0.2) is 9.66 Å². The first-order chi connectivity index (χ1) is 5.02. The van der Waals surface area contributed by atoms with Gasteiger partial charge in [0.25, 0.3) is 0 Å². The van der Waals surface area contributed by atoms with Gasteiger partial charge >= 0.3 is 0 Å². The van der Waals surface area contributed by atoms with E-state index in [9.17, 15) is 9.90 Å². The highest BCUT2D eigenvalue weighted by Crippen LogP contribution is 2.29. The summed E-state index contributed by atoms with van der Waals surface area (Å²) in [5, 5.41) is 27.0. The predicted molar refractivity (Wildman–Crippen MR) is 45.2 cm³/mol. The van der Waals surface area contributed by atoms with Crippen LogP contribution in [-0.2, 0) is 4.79 Å². The number of hydrogen-bond donors (Lipinski definition) is 3. The molecule has 1 rings (SSSR count). The molecule has 0 aromatic rings.